The Morgan fingerprint density at radius 1 is 1.27 bits per heavy atom. The van der Waals surface area contributed by atoms with E-state index in [2.05, 4.69) is 47.7 Å². The first-order chi connectivity index (χ1) is 14.8. The van der Waals surface area contributed by atoms with Gasteiger partial charge >= 0.3 is 0 Å². The molecule has 1 aliphatic rings. The summed E-state index contributed by atoms with van der Waals surface area (Å²) in [7, 11) is 0. The molecular weight excluding hydrogens is 396 g/mol. The summed E-state index contributed by atoms with van der Waals surface area (Å²) in [6.45, 7) is 1.68. The summed E-state index contributed by atoms with van der Waals surface area (Å²) < 4.78 is 2.14. The molecule has 1 fully saturated rings. The summed E-state index contributed by atoms with van der Waals surface area (Å²) in [5, 5.41) is 20.7. The van der Waals surface area contributed by atoms with E-state index in [9.17, 15) is 10.5 Å². The number of nitriles is 2. The van der Waals surface area contributed by atoms with Crippen LogP contribution in [0.1, 0.15) is 24.6 Å². The van der Waals surface area contributed by atoms with Crippen LogP contribution in [-0.4, -0.2) is 37.6 Å². The molecule has 0 radical (unpaired) electrons. The van der Waals surface area contributed by atoms with E-state index in [-0.39, 0.29) is 6.04 Å². The number of nitrogens with one attached hydrogen (secondary N) is 1. The van der Waals surface area contributed by atoms with Crippen molar-refractivity contribution in [3.05, 3.63) is 48.3 Å². The van der Waals surface area contributed by atoms with Gasteiger partial charge in [0.25, 0.3) is 0 Å². The van der Waals surface area contributed by atoms with Crippen molar-refractivity contribution < 1.29 is 0 Å². The summed E-state index contributed by atoms with van der Waals surface area (Å²) in [6, 6.07) is 8.62. The molecule has 0 aromatic carbocycles. The van der Waals surface area contributed by atoms with E-state index in [0.717, 1.165) is 46.8 Å². The van der Waals surface area contributed by atoms with Gasteiger partial charge in [-0.15, -0.1) is 11.3 Å². The number of hydrogen-bond donors (Lipinski definition) is 1. The van der Waals surface area contributed by atoms with E-state index in [1.54, 1.807) is 11.8 Å². The highest BCUT2D eigenvalue weighted by Crippen LogP contribution is 2.37. The molecule has 1 N–H and O–H groups in total. The summed E-state index contributed by atoms with van der Waals surface area (Å²) >= 11 is 1.50. The topological polar surface area (TPSA) is 110 Å². The number of aromatic nitrogens is 5. The molecule has 4 aromatic rings. The third-order valence-corrected chi connectivity index (χ3v) is 6.62. The Hall–Kier alpha value is -3.69. The fourth-order valence-corrected chi connectivity index (χ4v) is 5.08. The second-order valence-electron chi connectivity index (χ2n) is 7.35. The quantitative estimate of drug-likeness (QED) is 0.533. The SMILES string of the molecule is N#CCC(C1CCN(c2scnc2C#N)C1)n1ccc(-c2ncnc3[nH]ccc23)c1. The van der Waals surface area contributed by atoms with E-state index < -0.39 is 0 Å². The summed E-state index contributed by atoms with van der Waals surface area (Å²) in [5.41, 5.74) is 4.90. The van der Waals surface area contributed by atoms with Crippen molar-refractivity contribution >= 4 is 27.4 Å². The monoisotopic (exact) mass is 414 g/mol. The van der Waals surface area contributed by atoms with Crippen LogP contribution < -0.4 is 4.90 Å². The van der Waals surface area contributed by atoms with Gasteiger partial charge in [-0.1, -0.05) is 0 Å². The number of hydrogen-bond acceptors (Lipinski definition) is 7. The number of rotatable bonds is 5. The van der Waals surface area contributed by atoms with Crippen LogP contribution in [-0.2, 0) is 0 Å². The van der Waals surface area contributed by atoms with Crippen LogP contribution in [0.2, 0.25) is 0 Å². The van der Waals surface area contributed by atoms with Gasteiger partial charge in [-0.2, -0.15) is 10.5 Å². The van der Waals surface area contributed by atoms with E-state index >= 15 is 0 Å². The molecule has 30 heavy (non-hydrogen) atoms. The van der Waals surface area contributed by atoms with Gasteiger partial charge in [0.2, 0.25) is 0 Å². The smallest absolute Gasteiger partial charge is 0.175 e. The highest BCUT2D eigenvalue weighted by atomic mass is 32.1. The molecule has 8 nitrogen and oxygen atoms in total. The predicted octanol–water partition coefficient (Wildman–Crippen LogP) is 3.74. The van der Waals surface area contributed by atoms with Crippen molar-refractivity contribution in [1.82, 2.24) is 24.5 Å². The maximum absolute atomic E-state index is 9.48. The maximum atomic E-state index is 9.48. The van der Waals surface area contributed by atoms with E-state index in [4.69, 9.17) is 0 Å². The Morgan fingerprint density at radius 2 is 2.20 bits per heavy atom. The Bertz CT molecular complexity index is 1270. The molecule has 0 amide bonds. The Kier molecular flexibility index (Phi) is 4.66. The van der Waals surface area contributed by atoms with Gasteiger partial charge in [-0.25, -0.2) is 15.0 Å². The Labute approximate surface area is 177 Å². The molecule has 1 saturated heterocycles. The van der Waals surface area contributed by atoms with E-state index in [1.165, 1.54) is 11.3 Å². The Balaban J connectivity index is 1.42. The minimum Gasteiger partial charge on any atom is -0.361 e. The van der Waals surface area contributed by atoms with Gasteiger partial charge in [0.05, 0.1) is 29.7 Å². The molecule has 0 bridgehead atoms. The molecule has 9 heteroatoms. The molecule has 2 unspecified atom stereocenters. The van der Waals surface area contributed by atoms with E-state index in [0.29, 0.717) is 18.0 Å². The lowest BCUT2D eigenvalue weighted by atomic mass is 9.96. The molecular formula is C21H18N8S. The third kappa shape index (κ3) is 3.10. The summed E-state index contributed by atoms with van der Waals surface area (Å²) in [6.07, 6.45) is 8.94. The number of nitrogens with zero attached hydrogens (tertiary/aromatic N) is 7. The zero-order valence-corrected chi connectivity index (χ0v) is 16.9. The van der Waals surface area contributed by atoms with Crippen molar-refractivity contribution in [1.29, 1.82) is 10.5 Å². The highest BCUT2D eigenvalue weighted by Gasteiger charge is 2.32. The molecule has 0 spiro atoms. The Morgan fingerprint density at radius 3 is 3.07 bits per heavy atom. The van der Waals surface area contributed by atoms with Crippen LogP contribution >= 0.6 is 11.3 Å². The summed E-state index contributed by atoms with van der Waals surface area (Å²) in [5.74, 6) is 0.316. The molecule has 5 heterocycles. The molecule has 4 aromatic heterocycles. The highest BCUT2D eigenvalue weighted by molar-refractivity contribution is 7.14. The van der Waals surface area contributed by atoms with Crippen molar-refractivity contribution in [3.63, 3.8) is 0 Å². The molecule has 2 atom stereocenters. The first kappa shape index (κ1) is 18.3. The second kappa shape index (κ2) is 7.62. The van der Waals surface area contributed by atoms with Crippen molar-refractivity contribution in [2.24, 2.45) is 5.92 Å². The minimum atomic E-state index is 0.0655. The van der Waals surface area contributed by atoms with Gasteiger partial charge in [-0.3, -0.25) is 0 Å². The first-order valence-electron chi connectivity index (χ1n) is 9.70. The number of H-pyrrole nitrogens is 1. The molecule has 1 aliphatic heterocycles. The number of fused-ring (bicyclic) bond motifs is 1. The van der Waals surface area contributed by atoms with Crippen LogP contribution in [0, 0.1) is 28.6 Å². The molecule has 0 saturated carbocycles. The van der Waals surface area contributed by atoms with Crippen molar-refractivity contribution in [2.75, 3.05) is 18.0 Å². The van der Waals surface area contributed by atoms with Crippen LogP contribution in [0.3, 0.4) is 0 Å². The minimum absolute atomic E-state index is 0.0655. The lowest BCUT2D eigenvalue weighted by Crippen LogP contribution is -2.24. The average molecular weight is 414 g/mol. The normalized spacial score (nSPS) is 17.1. The maximum Gasteiger partial charge on any atom is 0.175 e. The number of anilines is 1. The van der Waals surface area contributed by atoms with Crippen molar-refractivity contribution in [2.45, 2.75) is 18.9 Å². The van der Waals surface area contributed by atoms with Gasteiger partial charge in [0.15, 0.2) is 5.69 Å². The van der Waals surface area contributed by atoms with Gasteiger partial charge < -0.3 is 14.5 Å². The van der Waals surface area contributed by atoms with Crippen molar-refractivity contribution in [3.8, 4) is 23.4 Å². The largest absolute Gasteiger partial charge is 0.361 e. The lowest BCUT2D eigenvalue weighted by Gasteiger charge is -2.24. The standard InChI is InChI=1S/C21H18N8S/c22-5-1-18(14-3-8-29(10-14)21-17(9-23)27-13-30-21)28-7-4-15(11-28)19-16-2-6-24-20(16)26-12-25-19/h2,4,6-7,11-14,18H,1,3,8,10H2,(H,24,25,26). The number of aromatic amines is 1. The zero-order chi connectivity index (χ0) is 20.5. The van der Waals surface area contributed by atoms with Gasteiger partial charge in [0.1, 0.15) is 23.0 Å². The van der Waals surface area contributed by atoms with E-state index in [1.807, 2.05) is 24.5 Å². The molecule has 148 valence electrons. The fraction of sp³-hybridized carbons (Fsp3) is 0.286. The fourth-order valence-electron chi connectivity index (χ4n) is 4.30. The van der Waals surface area contributed by atoms with Crippen LogP contribution in [0.25, 0.3) is 22.3 Å². The number of thiazole rings is 1. The lowest BCUT2D eigenvalue weighted by molar-refractivity contribution is 0.360. The molecule has 5 rings (SSSR count). The predicted molar refractivity (Wildman–Crippen MR) is 114 cm³/mol. The van der Waals surface area contributed by atoms with Gasteiger partial charge in [0, 0.05) is 42.6 Å². The van der Waals surface area contributed by atoms with Gasteiger partial charge in [-0.05, 0) is 24.5 Å². The van der Waals surface area contributed by atoms with Crippen LogP contribution in [0.15, 0.2) is 42.6 Å². The third-order valence-electron chi connectivity index (χ3n) is 5.74. The van der Waals surface area contributed by atoms with Crippen LogP contribution in [0.5, 0.6) is 0 Å². The summed E-state index contributed by atoms with van der Waals surface area (Å²) in [4.78, 5) is 18.2. The average Bonchev–Trinajstić information content (AvgIpc) is 3.56. The second-order valence-corrected chi connectivity index (χ2v) is 8.19. The zero-order valence-electron chi connectivity index (χ0n) is 16.1. The molecule has 0 aliphatic carbocycles. The first-order valence-corrected chi connectivity index (χ1v) is 10.6. The van der Waals surface area contributed by atoms with Crippen LogP contribution in [0.4, 0.5) is 5.00 Å².